The minimum Gasteiger partial charge on any atom is -0.462 e. The molecular weight excluding hydrogens is 404 g/mol. The van der Waals surface area contributed by atoms with Crippen LogP contribution in [0.15, 0.2) is 60.7 Å². The van der Waals surface area contributed by atoms with E-state index in [4.69, 9.17) is 17.0 Å². The highest BCUT2D eigenvalue weighted by Gasteiger charge is 2.19. The van der Waals surface area contributed by atoms with Gasteiger partial charge in [0.05, 0.1) is 12.2 Å². The van der Waals surface area contributed by atoms with Gasteiger partial charge in [0.2, 0.25) is 0 Å². The SMILES string of the molecule is CCOC(=O)c1cc(-c2ccccc2)sc1NC(=S)Nc1cccc(C(C)=O)c1. The molecule has 0 atom stereocenters. The van der Waals surface area contributed by atoms with Gasteiger partial charge in [-0.1, -0.05) is 42.5 Å². The maximum Gasteiger partial charge on any atom is 0.341 e. The van der Waals surface area contributed by atoms with Gasteiger partial charge in [-0.3, -0.25) is 4.79 Å². The maximum absolute atomic E-state index is 12.4. The van der Waals surface area contributed by atoms with E-state index >= 15 is 0 Å². The maximum atomic E-state index is 12.4. The number of rotatable bonds is 6. The summed E-state index contributed by atoms with van der Waals surface area (Å²) in [5.41, 5.74) is 2.71. The van der Waals surface area contributed by atoms with Gasteiger partial charge in [0.15, 0.2) is 10.9 Å². The summed E-state index contributed by atoms with van der Waals surface area (Å²) >= 11 is 6.83. The number of benzene rings is 2. The molecular formula is C22H20N2O3S2. The second-order valence-electron chi connectivity index (χ2n) is 6.16. The molecule has 1 aromatic heterocycles. The van der Waals surface area contributed by atoms with Crippen molar-refractivity contribution in [3.63, 3.8) is 0 Å². The normalized spacial score (nSPS) is 10.3. The van der Waals surface area contributed by atoms with Crippen LogP contribution in [-0.4, -0.2) is 23.5 Å². The largest absolute Gasteiger partial charge is 0.462 e. The summed E-state index contributed by atoms with van der Waals surface area (Å²) in [6.45, 7) is 3.57. The van der Waals surface area contributed by atoms with Crippen LogP contribution in [0, 0.1) is 0 Å². The highest BCUT2D eigenvalue weighted by Crippen LogP contribution is 2.36. The Balaban J connectivity index is 1.84. The molecule has 0 radical (unpaired) electrons. The first-order valence-electron chi connectivity index (χ1n) is 9.03. The van der Waals surface area contributed by atoms with Crippen LogP contribution in [0.25, 0.3) is 10.4 Å². The van der Waals surface area contributed by atoms with Gasteiger partial charge in [0.25, 0.3) is 0 Å². The molecule has 7 heteroatoms. The number of Topliss-reactive ketones (excluding diaryl/α,β-unsaturated/α-hetero) is 1. The van der Waals surface area contributed by atoms with E-state index in [9.17, 15) is 9.59 Å². The molecule has 0 aliphatic carbocycles. The molecule has 0 saturated carbocycles. The van der Waals surface area contributed by atoms with E-state index in [0.29, 0.717) is 26.9 Å². The van der Waals surface area contributed by atoms with Crippen LogP contribution in [-0.2, 0) is 4.74 Å². The van der Waals surface area contributed by atoms with Gasteiger partial charge in [0.1, 0.15) is 5.00 Å². The fourth-order valence-corrected chi connectivity index (χ4v) is 4.01. The number of hydrogen-bond donors (Lipinski definition) is 2. The summed E-state index contributed by atoms with van der Waals surface area (Å²) in [4.78, 5) is 24.9. The number of hydrogen-bond acceptors (Lipinski definition) is 5. The number of carbonyl (C=O) groups is 2. The van der Waals surface area contributed by atoms with E-state index in [1.165, 1.54) is 18.3 Å². The lowest BCUT2D eigenvalue weighted by molar-refractivity contribution is 0.0528. The van der Waals surface area contributed by atoms with Crippen molar-refractivity contribution in [1.82, 2.24) is 0 Å². The van der Waals surface area contributed by atoms with Crippen LogP contribution >= 0.6 is 23.6 Å². The predicted molar refractivity (Wildman–Crippen MR) is 122 cm³/mol. The third-order valence-electron chi connectivity index (χ3n) is 4.04. The Morgan fingerprint density at radius 2 is 1.79 bits per heavy atom. The van der Waals surface area contributed by atoms with Crippen LogP contribution < -0.4 is 10.6 Å². The van der Waals surface area contributed by atoms with E-state index < -0.39 is 5.97 Å². The van der Waals surface area contributed by atoms with Crippen molar-refractivity contribution in [3.05, 3.63) is 71.8 Å². The molecule has 3 rings (SSSR count). The van der Waals surface area contributed by atoms with E-state index in [0.717, 1.165) is 10.4 Å². The Morgan fingerprint density at radius 1 is 1.03 bits per heavy atom. The molecule has 29 heavy (non-hydrogen) atoms. The molecule has 1 heterocycles. The minimum absolute atomic E-state index is 0.0251. The Labute approximate surface area is 178 Å². The average Bonchev–Trinajstić information content (AvgIpc) is 3.12. The Kier molecular flexibility index (Phi) is 6.74. The van der Waals surface area contributed by atoms with Crippen molar-refractivity contribution in [3.8, 4) is 10.4 Å². The van der Waals surface area contributed by atoms with Crippen molar-refractivity contribution in [1.29, 1.82) is 0 Å². The molecule has 0 aliphatic rings. The van der Waals surface area contributed by atoms with Gasteiger partial charge in [0, 0.05) is 16.1 Å². The summed E-state index contributed by atoms with van der Waals surface area (Å²) in [6.07, 6.45) is 0. The number of ketones is 1. The van der Waals surface area contributed by atoms with Crippen LogP contribution in [0.2, 0.25) is 0 Å². The predicted octanol–water partition coefficient (Wildman–Crippen LogP) is 5.60. The molecule has 0 unspecified atom stereocenters. The second kappa shape index (κ2) is 9.45. The summed E-state index contributed by atoms with van der Waals surface area (Å²) < 4.78 is 5.19. The van der Waals surface area contributed by atoms with Crippen molar-refractivity contribution in [2.45, 2.75) is 13.8 Å². The molecule has 2 aromatic carbocycles. The lowest BCUT2D eigenvalue weighted by Crippen LogP contribution is -2.20. The van der Waals surface area contributed by atoms with Crippen molar-refractivity contribution < 1.29 is 14.3 Å². The van der Waals surface area contributed by atoms with E-state index in [1.54, 1.807) is 31.2 Å². The van der Waals surface area contributed by atoms with Gasteiger partial charge in [-0.05, 0) is 49.8 Å². The molecule has 0 fully saturated rings. The molecule has 3 aromatic rings. The molecule has 0 saturated heterocycles. The molecule has 0 aliphatic heterocycles. The summed E-state index contributed by atoms with van der Waals surface area (Å²) in [5.74, 6) is -0.433. The first-order chi connectivity index (χ1) is 14.0. The number of thiocarbonyl (C=S) groups is 1. The van der Waals surface area contributed by atoms with Crippen molar-refractivity contribution in [2.75, 3.05) is 17.2 Å². The smallest absolute Gasteiger partial charge is 0.341 e. The zero-order valence-electron chi connectivity index (χ0n) is 16.0. The van der Waals surface area contributed by atoms with Crippen LogP contribution in [0.4, 0.5) is 10.7 Å². The van der Waals surface area contributed by atoms with Crippen LogP contribution in [0.5, 0.6) is 0 Å². The number of anilines is 2. The second-order valence-corrected chi connectivity index (χ2v) is 7.62. The monoisotopic (exact) mass is 424 g/mol. The number of nitrogens with one attached hydrogen (secondary N) is 2. The lowest BCUT2D eigenvalue weighted by atomic mass is 10.1. The van der Waals surface area contributed by atoms with Crippen molar-refractivity contribution >= 4 is 51.1 Å². The molecule has 5 nitrogen and oxygen atoms in total. The van der Waals surface area contributed by atoms with Gasteiger partial charge < -0.3 is 15.4 Å². The molecule has 2 N–H and O–H groups in total. The molecule has 0 spiro atoms. The summed E-state index contributed by atoms with van der Waals surface area (Å²) in [6, 6.07) is 18.7. The molecule has 0 bridgehead atoms. The van der Waals surface area contributed by atoms with Crippen molar-refractivity contribution in [2.24, 2.45) is 0 Å². The Bertz CT molecular complexity index is 1050. The Hall–Kier alpha value is -3.03. The standard InChI is InChI=1S/C22H20N2O3S2/c1-3-27-21(26)18-13-19(15-8-5-4-6-9-15)29-20(18)24-22(28)23-17-11-7-10-16(12-17)14(2)25/h4-13H,3H2,1-2H3,(H2,23,24,28). The minimum atomic E-state index is -0.408. The van der Waals surface area contributed by atoms with E-state index in [2.05, 4.69) is 10.6 Å². The first kappa shape index (κ1) is 20.7. The number of ether oxygens (including phenoxy) is 1. The van der Waals surface area contributed by atoms with E-state index in [1.807, 2.05) is 36.4 Å². The highest BCUT2D eigenvalue weighted by molar-refractivity contribution is 7.80. The van der Waals surface area contributed by atoms with E-state index in [-0.39, 0.29) is 12.4 Å². The van der Waals surface area contributed by atoms with Gasteiger partial charge in [-0.25, -0.2) is 4.79 Å². The summed E-state index contributed by atoms with van der Waals surface area (Å²) in [5, 5.41) is 7.06. The molecule has 148 valence electrons. The number of esters is 1. The van der Waals surface area contributed by atoms with Gasteiger partial charge >= 0.3 is 5.97 Å². The highest BCUT2D eigenvalue weighted by atomic mass is 32.1. The van der Waals surface area contributed by atoms with Crippen LogP contribution in [0.3, 0.4) is 0 Å². The first-order valence-corrected chi connectivity index (χ1v) is 10.3. The Morgan fingerprint density at radius 3 is 2.48 bits per heavy atom. The summed E-state index contributed by atoms with van der Waals surface area (Å²) in [7, 11) is 0. The average molecular weight is 425 g/mol. The molecule has 0 amide bonds. The van der Waals surface area contributed by atoms with Crippen LogP contribution in [0.1, 0.15) is 34.6 Å². The van der Waals surface area contributed by atoms with Gasteiger partial charge in [-0.2, -0.15) is 0 Å². The zero-order chi connectivity index (χ0) is 20.8. The lowest BCUT2D eigenvalue weighted by Gasteiger charge is -2.11. The number of thiophene rings is 1. The quantitative estimate of drug-likeness (QED) is 0.305. The third kappa shape index (κ3) is 5.28. The fourth-order valence-electron chi connectivity index (χ4n) is 2.67. The fraction of sp³-hybridized carbons (Fsp3) is 0.136. The van der Waals surface area contributed by atoms with Gasteiger partial charge in [-0.15, -0.1) is 11.3 Å². The zero-order valence-corrected chi connectivity index (χ0v) is 17.7. The third-order valence-corrected chi connectivity index (χ3v) is 5.34. The topological polar surface area (TPSA) is 67.4 Å². The number of carbonyl (C=O) groups excluding carboxylic acids is 2.